The molecule has 0 bridgehead atoms. The number of nitrogens with one attached hydrogen (secondary N) is 1. The van der Waals surface area contributed by atoms with Crippen LogP contribution in [0, 0.1) is 17.6 Å². The molecule has 3 N–H and O–H groups in total. The van der Waals surface area contributed by atoms with Crippen LogP contribution >= 0.6 is 0 Å². The normalized spacial score (nSPS) is 10.6. The van der Waals surface area contributed by atoms with Crippen molar-refractivity contribution in [2.24, 2.45) is 5.92 Å². The van der Waals surface area contributed by atoms with Gasteiger partial charge in [0.25, 0.3) is 0 Å². The number of benzene rings is 1. The Balaban J connectivity index is 2.85. The first-order chi connectivity index (χ1) is 7.40. The summed E-state index contributed by atoms with van der Waals surface area (Å²) in [5.41, 5.74) is 5.13. The Hall–Kier alpha value is -1.65. The molecule has 1 rings (SSSR count). The number of carbonyl (C=O) groups excluding carboxylic acids is 1. The molecule has 0 atom stereocenters. The van der Waals surface area contributed by atoms with Gasteiger partial charge in [0, 0.05) is 12.5 Å². The second kappa shape index (κ2) is 4.92. The quantitative estimate of drug-likeness (QED) is 0.781. The van der Waals surface area contributed by atoms with Gasteiger partial charge in [0.2, 0.25) is 5.91 Å². The van der Waals surface area contributed by atoms with E-state index in [0.717, 1.165) is 6.07 Å². The molecule has 0 aromatic heterocycles. The number of anilines is 2. The highest BCUT2D eigenvalue weighted by molar-refractivity contribution is 5.94. The molecule has 3 nitrogen and oxygen atoms in total. The fraction of sp³-hybridized carbons (Fsp3) is 0.364. The van der Waals surface area contributed by atoms with Gasteiger partial charge in [0.15, 0.2) is 5.82 Å². The van der Waals surface area contributed by atoms with Gasteiger partial charge in [-0.3, -0.25) is 4.79 Å². The van der Waals surface area contributed by atoms with Crippen LogP contribution in [0.5, 0.6) is 0 Å². The molecule has 1 aromatic carbocycles. The molecular formula is C11H14F2N2O. The lowest BCUT2D eigenvalue weighted by atomic mass is 10.1. The smallest absolute Gasteiger partial charge is 0.224 e. The van der Waals surface area contributed by atoms with Gasteiger partial charge < -0.3 is 11.1 Å². The highest BCUT2D eigenvalue weighted by Gasteiger charge is 2.13. The molecule has 0 aliphatic carbocycles. The Morgan fingerprint density at radius 1 is 1.44 bits per heavy atom. The van der Waals surface area contributed by atoms with Gasteiger partial charge in [-0.15, -0.1) is 0 Å². The molecule has 0 aliphatic heterocycles. The standard InChI is InChI=1S/C11H14F2N2O/c1-6(2)3-10(16)15-11-8(13)4-7(12)5-9(11)14/h4-6H,3,14H2,1-2H3,(H,15,16). The Morgan fingerprint density at radius 2 is 2.06 bits per heavy atom. The minimum atomic E-state index is -0.866. The SMILES string of the molecule is CC(C)CC(=O)Nc1c(N)cc(F)cc1F. The van der Waals surface area contributed by atoms with Crippen LogP contribution in [0.1, 0.15) is 20.3 Å². The molecule has 16 heavy (non-hydrogen) atoms. The van der Waals surface area contributed by atoms with Gasteiger partial charge in [0.1, 0.15) is 11.5 Å². The van der Waals surface area contributed by atoms with Gasteiger partial charge in [-0.25, -0.2) is 8.78 Å². The number of rotatable bonds is 3. The van der Waals surface area contributed by atoms with Crippen molar-refractivity contribution in [3.63, 3.8) is 0 Å². The van der Waals surface area contributed by atoms with E-state index in [1.54, 1.807) is 0 Å². The Labute approximate surface area is 92.6 Å². The number of hydrogen-bond acceptors (Lipinski definition) is 2. The minimum Gasteiger partial charge on any atom is -0.397 e. The van der Waals surface area contributed by atoms with Crippen LogP contribution < -0.4 is 11.1 Å². The van der Waals surface area contributed by atoms with Gasteiger partial charge in [-0.1, -0.05) is 13.8 Å². The summed E-state index contributed by atoms with van der Waals surface area (Å²) < 4.78 is 26.0. The first-order valence-corrected chi connectivity index (χ1v) is 4.94. The summed E-state index contributed by atoms with van der Waals surface area (Å²) in [4.78, 5) is 11.4. The van der Waals surface area contributed by atoms with Gasteiger partial charge >= 0.3 is 0 Å². The number of carbonyl (C=O) groups is 1. The predicted octanol–water partition coefficient (Wildman–Crippen LogP) is 2.53. The molecule has 0 fully saturated rings. The van der Waals surface area contributed by atoms with Crippen LogP contribution in [0.25, 0.3) is 0 Å². The van der Waals surface area contributed by atoms with E-state index in [4.69, 9.17) is 5.73 Å². The third-order valence-electron chi connectivity index (χ3n) is 1.94. The third-order valence-corrected chi connectivity index (χ3v) is 1.94. The van der Waals surface area contributed by atoms with E-state index in [0.29, 0.717) is 6.07 Å². The lowest BCUT2D eigenvalue weighted by Gasteiger charge is -2.10. The van der Waals surface area contributed by atoms with E-state index >= 15 is 0 Å². The zero-order valence-corrected chi connectivity index (χ0v) is 9.18. The van der Waals surface area contributed by atoms with Crippen LogP contribution in [0.2, 0.25) is 0 Å². The molecule has 0 unspecified atom stereocenters. The number of halogens is 2. The summed E-state index contributed by atoms with van der Waals surface area (Å²) in [7, 11) is 0. The maximum absolute atomic E-state index is 13.3. The van der Waals surface area contributed by atoms with E-state index in [2.05, 4.69) is 5.32 Å². The fourth-order valence-electron chi connectivity index (χ4n) is 1.29. The van der Waals surface area contributed by atoms with Crippen molar-refractivity contribution >= 4 is 17.3 Å². The van der Waals surface area contributed by atoms with E-state index in [-0.39, 0.29) is 29.6 Å². The lowest BCUT2D eigenvalue weighted by molar-refractivity contribution is -0.116. The maximum atomic E-state index is 13.3. The third kappa shape index (κ3) is 3.18. The highest BCUT2D eigenvalue weighted by Crippen LogP contribution is 2.24. The zero-order valence-electron chi connectivity index (χ0n) is 9.18. The number of hydrogen-bond donors (Lipinski definition) is 2. The van der Waals surface area contributed by atoms with E-state index in [1.165, 1.54) is 0 Å². The summed E-state index contributed by atoms with van der Waals surface area (Å²) >= 11 is 0. The minimum absolute atomic E-state index is 0.116. The molecule has 88 valence electrons. The van der Waals surface area contributed by atoms with Crippen molar-refractivity contribution in [2.45, 2.75) is 20.3 Å². The predicted molar refractivity (Wildman–Crippen MR) is 58.9 cm³/mol. The Morgan fingerprint density at radius 3 is 2.56 bits per heavy atom. The van der Waals surface area contributed by atoms with E-state index in [1.807, 2.05) is 13.8 Å². The molecule has 0 spiro atoms. The van der Waals surface area contributed by atoms with E-state index < -0.39 is 11.6 Å². The maximum Gasteiger partial charge on any atom is 0.224 e. The van der Waals surface area contributed by atoms with Crippen molar-refractivity contribution < 1.29 is 13.6 Å². The average Bonchev–Trinajstić information content (AvgIpc) is 2.09. The molecule has 1 amide bonds. The highest BCUT2D eigenvalue weighted by atomic mass is 19.1. The van der Waals surface area contributed by atoms with Crippen LogP contribution in [0.3, 0.4) is 0 Å². The van der Waals surface area contributed by atoms with Gasteiger partial charge in [-0.05, 0) is 12.0 Å². The first-order valence-electron chi connectivity index (χ1n) is 4.94. The molecule has 5 heteroatoms. The molecule has 0 heterocycles. The first kappa shape index (κ1) is 12.4. The lowest BCUT2D eigenvalue weighted by Crippen LogP contribution is -2.16. The number of nitrogen functional groups attached to an aromatic ring is 1. The molecule has 1 aromatic rings. The van der Waals surface area contributed by atoms with Crippen LogP contribution in [-0.4, -0.2) is 5.91 Å². The Bertz CT molecular complexity index is 382. The van der Waals surface area contributed by atoms with Crippen LogP contribution in [0.4, 0.5) is 20.2 Å². The van der Waals surface area contributed by atoms with Crippen molar-refractivity contribution in [3.8, 4) is 0 Å². The topological polar surface area (TPSA) is 55.1 Å². The van der Waals surface area contributed by atoms with Gasteiger partial charge in [-0.2, -0.15) is 0 Å². The Kier molecular flexibility index (Phi) is 3.82. The van der Waals surface area contributed by atoms with Crippen molar-refractivity contribution in [3.05, 3.63) is 23.8 Å². The summed E-state index contributed by atoms with van der Waals surface area (Å²) in [6.07, 6.45) is 0.260. The van der Waals surface area contributed by atoms with Crippen molar-refractivity contribution in [2.75, 3.05) is 11.1 Å². The van der Waals surface area contributed by atoms with E-state index in [9.17, 15) is 13.6 Å². The molecule has 0 aliphatic rings. The number of amides is 1. The second-order valence-electron chi connectivity index (χ2n) is 4.00. The molecule has 0 saturated carbocycles. The summed E-state index contributed by atoms with van der Waals surface area (Å²) in [5, 5.41) is 2.33. The van der Waals surface area contributed by atoms with Gasteiger partial charge in [0.05, 0.1) is 5.69 Å². The molecule has 0 radical (unpaired) electrons. The van der Waals surface area contributed by atoms with Crippen LogP contribution in [-0.2, 0) is 4.79 Å². The van der Waals surface area contributed by atoms with Crippen molar-refractivity contribution in [1.82, 2.24) is 0 Å². The molecule has 0 saturated heterocycles. The largest absolute Gasteiger partial charge is 0.397 e. The van der Waals surface area contributed by atoms with Crippen LogP contribution in [0.15, 0.2) is 12.1 Å². The summed E-state index contributed by atoms with van der Waals surface area (Å²) in [6.45, 7) is 3.73. The fourth-order valence-corrected chi connectivity index (χ4v) is 1.29. The average molecular weight is 228 g/mol. The second-order valence-corrected chi connectivity index (χ2v) is 4.00. The zero-order chi connectivity index (χ0) is 12.3. The number of nitrogens with two attached hydrogens (primary N) is 1. The summed E-state index contributed by atoms with van der Waals surface area (Å²) in [5.74, 6) is -1.82. The van der Waals surface area contributed by atoms with Crippen molar-refractivity contribution in [1.29, 1.82) is 0 Å². The monoisotopic (exact) mass is 228 g/mol. The molecular weight excluding hydrogens is 214 g/mol. The summed E-state index contributed by atoms with van der Waals surface area (Å²) in [6, 6.07) is 1.65.